The van der Waals surface area contributed by atoms with Gasteiger partial charge in [0.1, 0.15) is 11.3 Å². The molecule has 0 saturated heterocycles. The Hall–Kier alpha value is -0.990. The zero-order chi connectivity index (χ0) is 10.1. The van der Waals surface area contributed by atoms with Gasteiger partial charge in [0.25, 0.3) is 0 Å². The van der Waals surface area contributed by atoms with Gasteiger partial charge in [0, 0.05) is 5.39 Å². The van der Waals surface area contributed by atoms with E-state index in [2.05, 4.69) is 37.4 Å². The van der Waals surface area contributed by atoms with Crippen LogP contribution in [0.25, 0.3) is 11.0 Å². The Morgan fingerprint density at radius 1 is 1.27 bits per heavy atom. The molecule has 0 saturated carbocycles. The SMILES string of the molecule is CNCc1oc2c(C)cccc2c1C.Cl. The Morgan fingerprint density at radius 3 is 2.60 bits per heavy atom. The summed E-state index contributed by atoms with van der Waals surface area (Å²) in [5.74, 6) is 1.04. The number of hydrogen-bond donors (Lipinski definition) is 1. The minimum atomic E-state index is 0. The molecule has 1 aromatic carbocycles. The lowest BCUT2D eigenvalue weighted by Gasteiger charge is -1.94. The molecule has 1 N–H and O–H groups in total. The number of furan rings is 1. The average Bonchev–Trinajstić information content (AvgIpc) is 2.48. The van der Waals surface area contributed by atoms with Gasteiger partial charge in [-0.05, 0) is 32.0 Å². The van der Waals surface area contributed by atoms with Crippen molar-refractivity contribution in [2.45, 2.75) is 20.4 Å². The third-order valence-electron chi connectivity index (χ3n) is 2.60. The van der Waals surface area contributed by atoms with Gasteiger partial charge in [-0.1, -0.05) is 18.2 Å². The topological polar surface area (TPSA) is 25.2 Å². The van der Waals surface area contributed by atoms with Gasteiger partial charge in [0.2, 0.25) is 0 Å². The van der Waals surface area contributed by atoms with Crippen LogP contribution in [0.1, 0.15) is 16.9 Å². The predicted molar refractivity (Wildman–Crippen MR) is 65.7 cm³/mol. The molecule has 0 radical (unpaired) electrons. The largest absolute Gasteiger partial charge is 0.459 e. The van der Waals surface area contributed by atoms with E-state index in [1.807, 2.05) is 7.05 Å². The van der Waals surface area contributed by atoms with E-state index in [1.54, 1.807) is 0 Å². The van der Waals surface area contributed by atoms with E-state index in [1.165, 1.54) is 16.5 Å². The van der Waals surface area contributed by atoms with Gasteiger partial charge >= 0.3 is 0 Å². The van der Waals surface area contributed by atoms with Crippen molar-refractivity contribution in [1.82, 2.24) is 5.32 Å². The van der Waals surface area contributed by atoms with Gasteiger partial charge in [0.05, 0.1) is 6.54 Å². The van der Waals surface area contributed by atoms with Crippen molar-refractivity contribution in [3.05, 3.63) is 35.1 Å². The number of nitrogens with one attached hydrogen (secondary N) is 1. The molecular weight excluding hydrogens is 210 g/mol. The van der Waals surface area contributed by atoms with Crippen LogP contribution in [0, 0.1) is 13.8 Å². The van der Waals surface area contributed by atoms with Gasteiger partial charge in [-0.2, -0.15) is 0 Å². The van der Waals surface area contributed by atoms with E-state index in [9.17, 15) is 0 Å². The monoisotopic (exact) mass is 225 g/mol. The standard InChI is InChI=1S/C12H15NO.ClH/c1-8-5-4-6-10-9(2)11(7-13-3)14-12(8)10;/h4-6,13H,7H2,1-3H3;1H. The molecule has 0 spiro atoms. The number of halogens is 1. The smallest absolute Gasteiger partial charge is 0.137 e. The molecule has 0 aliphatic heterocycles. The van der Waals surface area contributed by atoms with Crippen LogP contribution in [0.15, 0.2) is 22.6 Å². The Bertz CT molecular complexity index is 462. The van der Waals surface area contributed by atoms with Crippen molar-refractivity contribution < 1.29 is 4.42 Å². The molecule has 2 nitrogen and oxygen atoms in total. The van der Waals surface area contributed by atoms with Gasteiger partial charge in [-0.25, -0.2) is 0 Å². The molecule has 0 atom stereocenters. The van der Waals surface area contributed by atoms with E-state index in [0.717, 1.165) is 17.9 Å². The van der Waals surface area contributed by atoms with E-state index >= 15 is 0 Å². The fourth-order valence-corrected chi connectivity index (χ4v) is 1.76. The minimum absolute atomic E-state index is 0. The summed E-state index contributed by atoms with van der Waals surface area (Å²) in [5, 5.41) is 4.34. The summed E-state index contributed by atoms with van der Waals surface area (Å²) >= 11 is 0. The maximum absolute atomic E-state index is 5.81. The summed E-state index contributed by atoms with van der Waals surface area (Å²) in [6, 6.07) is 6.26. The number of rotatable bonds is 2. The van der Waals surface area contributed by atoms with Crippen molar-refractivity contribution >= 4 is 23.4 Å². The highest BCUT2D eigenvalue weighted by atomic mass is 35.5. The Labute approximate surface area is 96.1 Å². The first-order valence-electron chi connectivity index (χ1n) is 4.86. The van der Waals surface area contributed by atoms with Crippen LogP contribution in [-0.4, -0.2) is 7.05 Å². The molecule has 0 aliphatic rings. The molecule has 3 heteroatoms. The number of fused-ring (bicyclic) bond motifs is 1. The zero-order valence-corrected chi connectivity index (χ0v) is 10.1. The van der Waals surface area contributed by atoms with Gasteiger partial charge in [-0.3, -0.25) is 0 Å². The average molecular weight is 226 g/mol. The van der Waals surface area contributed by atoms with Crippen LogP contribution in [0.2, 0.25) is 0 Å². The van der Waals surface area contributed by atoms with Gasteiger partial charge < -0.3 is 9.73 Å². The van der Waals surface area contributed by atoms with Crippen LogP contribution in [0.4, 0.5) is 0 Å². The van der Waals surface area contributed by atoms with Crippen LogP contribution >= 0.6 is 12.4 Å². The van der Waals surface area contributed by atoms with Crippen molar-refractivity contribution in [3.8, 4) is 0 Å². The summed E-state index contributed by atoms with van der Waals surface area (Å²) in [6.45, 7) is 4.98. The number of para-hydroxylation sites is 1. The molecule has 0 aliphatic carbocycles. The lowest BCUT2D eigenvalue weighted by Crippen LogP contribution is -2.04. The van der Waals surface area contributed by atoms with Gasteiger partial charge in [-0.15, -0.1) is 12.4 Å². The molecule has 1 heterocycles. The second-order valence-corrected chi connectivity index (χ2v) is 3.63. The summed E-state index contributed by atoms with van der Waals surface area (Å²) < 4.78 is 5.81. The number of hydrogen-bond acceptors (Lipinski definition) is 2. The maximum atomic E-state index is 5.81. The highest BCUT2D eigenvalue weighted by Gasteiger charge is 2.10. The molecule has 82 valence electrons. The first-order valence-corrected chi connectivity index (χ1v) is 4.86. The molecule has 15 heavy (non-hydrogen) atoms. The lowest BCUT2D eigenvalue weighted by atomic mass is 10.1. The molecule has 0 fully saturated rings. The van der Waals surface area contributed by atoms with Crippen molar-refractivity contribution in [2.75, 3.05) is 7.05 Å². The van der Waals surface area contributed by atoms with Gasteiger partial charge in [0.15, 0.2) is 0 Å². The highest BCUT2D eigenvalue weighted by Crippen LogP contribution is 2.27. The molecule has 1 aromatic heterocycles. The summed E-state index contributed by atoms with van der Waals surface area (Å²) in [4.78, 5) is 0. The fraction of sp³-hybridized carbons (Fsp3) is 0.333. The van der Waals surface area contributed by atoms with Crippen LogP contribution < -0.4 is 5.32 Å². The second-order valence-electron chi connectivity index (χ2n) is 3.63. The summed E-state index contributed by atoms with van der Waals surface area (Å²) in [6.07, 6.45) is 0. The molecule has 0 amide bonds. The quantitative estimate of drug-likeness (QED) is 0.849. The minimum Gasteiger partial charge on any atom is -0.459 e. The van der Waals surface area contributed by atoms with Crippen LogP contribution in [-0.2, 0) is 6.54 Å². The molecule has 2 aromatic rings. The van der Waals surface area contributed by atoms with E-state index in [-0.39, 0.29) is 12.4 Å². The Morgan fingerprint density at radius 2 is 2.00 bits per heavy atom. The number of aryl methyl sites for hydroxylation is 2. The molecule has 0 bridgehead atoms. The zero-order valence-electron chi connectivity index (χ0n) is 9.26. The molecule has 2 rings (SSSR count). The normalized spacial score (nSPS) is 10.3. The van der Waals surface area contributed by atoms with Crippen molar-refractivity contribution in [3.63, 3.8) is 0 Å². The third-order valence-corrected chi connectivity index (χ3v) is 2.60. The summed E-state index contributed by atoms with van der Waals surface area (Å²) in [5.41, 5.74) is 3.47. The molecule has 0 unspecified atom stereocenters. The van der Waals surface area contributed by atoms with Crippen molar-refractivity contribution in [1.29, 1.82) is 0 Å². The van der Waals surface area contributed by atoms with E-state index < -0.39 is 0 Å². The first kappa shape index (κ1) is 12.1. The Balaban J connectivity index is 0.00000112. The summed E-state index contributed by atoms with van der Waals surface area (Å²) in [7, 11) is 1.93. The highest BCUT2D eigenvalue weighted by molar-refractivity contribution is 5.85. The second kappa shape index (κ2) is 4.69. The fourth-order valence-electron chi connectivity index (χ4n) is 1.76. The predicted octanol–water partition coefficient (Wildman–Crippen LogP) is 3.19. The van der Waals surface area contributed by atoms with Crippen LogP contribution in [0.3, 0.4) is 0 Å². The maximum Gasteiger partial charge on any atom is 0.137 e. The Kier molecular flexibility index (Phi) is 3.77. The third kappa shape index (κ3) is 2.01. The number of benzene rings is 1. The van der Waals surface area contributed by atoms with Crippen LogP contribution in [0.5, 0.6) is 0 Å². The van der Waals surface area contributed by atoms with Crippen molar-refractivity contribution in [2.24, 2.45) is 0 Å². The van der Waals surface area contributed by atoms with E-state index in [4.69, 9.17) is 4.42 Å². The first-order chi connectivity index (χ1) is 6.74. The van der Waals surface area contributed by atoms with E-state index in [0.29, 0.717) is 0 Å². The molecular formula is C12H16ClNO. The lowest BCUT2D eigenvalue weighted by molar-refractivity contribution is 0.525.